The monoisotopic (exact) mass is 232 g/mol. The molecule has 0 bridgehead atoms. The third-order valence-electron chi connectivity index (χ3n) is 3.63. The van der Waals surface area contributed by atoms with E-state index in [9.17, 15) is 4.79 Å². The summed E-state index contributed by atoms with van der Waals surface area (Å²) in [6, 6.07) is 2.06. The van der Waals surface area contributed by atoms with Crippen molar-refractivity contribution in [2.75, 3.05) is 0 Å². The molecule has 0 aromatic carbocycles. The number of hydrogen-bond acceptors (Lipinski definition) is 3. The summed E-state index contributed by atoms with van der Waals surface area (Å²) in [5.74, 6) is 0. The van der Waals surface area contributed by atoms with E-state index < -0.39 is 0 Å². The number of pyridine rings is 1. The fraction of sp³-hybridized carbons (Fsp3) is 0.500. The van der Waals surface area contributed by atoms with E-state index in [1.54, 1.807) is 17.0 Å². The maximum absolute atomic E-state index is 12.0. The molecule has 2 heterocycles. The van der Waals surface area contributed by atoms with E-state index >= 15 is 0 Å². The number of aromatic amines is 1. The van der Waals surface area contributed by atoms with Gasteiger partial charge in [0.25, 0.3) is 0 Å². The Hall–Kier alpha value is -1.62. The van der Waals surface area contributed by atoms with Crippen LogP contribution in [0, 0.1) is 0 Å². The lowest BCUT2D eigenvalue weighted by molar-refractivity contribution is 0.306. The van der Waals surface area contributed by atoms with Gasteiger partial charge in [0.1, 0.15) is 0 Å². The molecule has 0 radical (unpaired) electrons. The molecule has 1 aliphatic rings. The van der Waals surface area contributed by atoms with Crippen molar-refractivity contribution in [1.29, 1.82) is 0 Å². The second-order valence-corrected chi connectivity index (χ2v) is 4.71. The van der Waals surface area contributed by atoms with Crippen LogP contribution < -0.4 is 11.4 Å². The molecule has 90 valence electrons. The zero-order chi connectivity index (χ0) is 11.8. The number of aromatic nitrogens is 3. The first-order chi connectivity index (χ1) is 8.27. The van der Waals surface area contributed by atoms with Crippen LogP contribution in [0.25, 0.3) is 11.0 Å². The van der Waals surface area contributed by atoms with E-state index in [1.807, 2.05) is 6.07 Å². The van der Waals surface area contributed by atoms with Gasteiger partial charge in [-0.15, -0.1) is 0 Å². The summed E-state index contributed by atoms with van der Waals surface area (Å²) in [7, 11) is 0. The van der Waals surface area contributed by atoms with E-state index in [1.165, 1.54) is 0 Å². The SMILES string of the molecule is NC1CCCCC1n1c(=O)[nH]c2cnccc21. The Morgan fingerprint density at radius 1 is 1.41 bits per heavy atom. The van der Waals surface area contributed by atoms with Crippen molar-refractivity contribution in [3.63, 3.8) is 0 Å². The molecular formula is C12H16N4O. The van der Waals surface area contributed by atoms with Crippen LogP contribution in [0.15, 0.2) is 23.3 Å². The van der Waals surface area contributed by atoms with Crippen molar-refractivity contribution in [3.8, 4) is 0 Å². The molecule has 2 aromatic rings. The highest BCUT2D eigenvalue weighted by molar-refractivity contribution is 5.73. The molecule has 1 aliphatic carbocycles. The molecule has 17 heavy (non-hydrogen) atoms. The molecule has 5 nitrogen and oxygen atoms in total. The predicted molar refractivity (Wildman–Crippen MR) is 65.8 cm³/mol. The zero-order valence-corrected chi connectivity index (χ0v) is 9.60. The number of rotatable bonds is 1. The topological polar surface area (TPSA) is 76.7 Å². The summed E-state index contributed by atoms with van der Waals surface area (Å²) >= 11 is 0. The van der Waals surface area contributed by atoms with Crippen molar-refractivity contribution >= 4 is 11.0 Å². The summed E-state index contributed by atoms with van der Waals surface area (Å²) in [6.45, 7) is 0. The van der Waals surface area contributed by atoms with Crippen LogP contribution in [0.5, 0.6) is 0 Å². The van der Waals surface area contributed by atoms with Crippen LogP contribution in [0.4, 0.5) is 0 Å². The standard InChI is InChI=1S/C12H16N4O/c13-8-3-1-2-4-10(8)16-11-5-6-14-7-9(11)15-12(16)17/h5-8,10H,1-4,13H2,(H,15,17). The van der Waals surface area contributed by atoms with Gasteiger partial charge in [-0.25, -0.2) is 4.79 Å². The van der Waals surface area contributed by atoms with Crippen LogP contribution in [0.1, 0.15) is 31.7 Å². The summed E-state index contributed by atoms with van der Waals surface area (Å²) in [5.41, 5.74) is 7.76. The fourth-order valence-electron chi connectivity index (χ4n) is 2.77. The molecule has 0 spiro atoms. The lowest BCUT2D eigenvalue weighted by atomic mass is 9.91. The highest BCUT2D eigenvalue weighted by Crippen LogP contribution is 2.28. The number of H-pyrrole nitrogens is 1. The second-order valence-electron chi connectivity index (χ2n) is 4.71. The van der Waals surface area contributed by atoms with Gasteiger partial charge in [-0.3, -0.25) is 9.55 Å². The van der Waals surface area contributed by atoms with Crippen LogP contribution in [-0.2, 0) is 0 Å². The summed E-state index contributed by atoms with van der Waals surface area (Å²) in [6.07, 6.45) is 7.67. The van der Waals surface area contributed by atoms with Crippen molar-refractivity contribution in [2.45, 2.75) is 37.8 Å². The van der Waals surface area contributed by atoms with Crippen molar-refractivity contribution < 1.29 is 0 Å². The van der Waals surface area contributed by atoms with Gasteiger partial charge in [0, 0.05) is 12.2 Å². The van der Waals surface area contributed by atoms with Crippen molar-refractivity contribution in [1.82, 2.24) is 14.5 Å². The Morgan fingerprint density at radius 2 is 2.24 bits per heavy atom. The average molecular weight is 232 g/mol. The number of nitrogens with one attached hydrogen (secondary N) is 1. The van der Waals surface area contributed by atoms with Gasteiger partial charge in [0.15, 0.2) is 0 Å². The molecule has 2 atom stereocenters. The zero-order valence-electron chi connectivity index (χ0n) is 9.60. The Morgan fingerprint density at radius 3 is 3.06 bits per heavy atom. The second kappa shape index (κ2) is 4.00. The number of nitrogens with zero attached hydrogens (tertiary/aromatic N) is 2. The van der Waals surface area contributed by atoms with Crippen LogP contribution in [0.3, 0.4) is 0 Å². The van der Waals surface area contributed by atoms with E-state index in [0.29, 0.717) is 0 Å². The Balaban J connectivity index is 2.15. The highest BCUT2D eigenvalue weighted by Gasteiger charge is 2.26. The third-order valence-corrected chi connectivity index (χ3v) is 3.63. The molecule has 1 saturated carbocycles. The summed E-state index contributed by atoms with van der Waals surface area (Å²) in [5, 5.41) is 0. The smallest absolute Gasteiger partial charge is 0.326 e. The Bertz CT molecular complexity index is 585. The average Bonchev–Trinajstić information content (AvgIpc) is 2.66. The predicted octanol–water partition coefficient (Wildman–Crippen LogP) is 1.17. The highest BCUT2D eigenvalue weighted by atomic mass is 16.1. The maximum Gasteiger partial charge on any atom is 0.326 e. The minimum Gasteiger partial charge on any atom is -0.326 e. The van der Waals surface area contributed by atoms with Crippen molar-refractivity contribution in [3.05, 3.63) is 28.9 Å². The molecule has 2 aromatic heterocycles. The summed E-state index contributed by atoms with van der Waals surface area (Å²) < 4.78 is 1.81. The number of hydrogen-bond donors (Lipinski definition) is 2. The largest absolute Gasteiger partial charge is 0.326 e. The van der Waals surface area contributed by atoms with Crippen molar-refractivity contribution in [2.24, 2.45) is 5.73 Å². The van der Waals surface area contributed by atoms with E-state index in [0.717, 1.165) is 36.7 Å². The first kappa shape index (κ1) is 10.5. The number of fused-ring (bicyclic) bond motifs is 1. The molecule has 3 rings (SSSR count). The third kappa shape index (κ3) is 1.67. The van der Waals surface area contributed by atoms with Gasteiger partial charge >= 0.3 is 5.69 Å². The summed E-state index contributed by atoms with van der Waals surface area (Å²) in [4.78, 5) is 18.9. The lowest BCUT2D eigenvalue weighted by Gasteiger charge is -2.29. The molecule has 0 amide bonds. The molecule has 2 unspecified atom stereocenters. The number of imidazole rings is 1. The number of nitrogens with two attached hydrogens (primary N) is 1. The van der Waals surface area contributed by atoms with Crippen LogP contribution in [-0.4, -0.2) is 20.6 Å². The van der Waals surface area contributed by atoms with Gasteiger partial charge < -0.3 is 10.7 Å². The first-order valence-electron chi connectivity index (χ1n) is 6.07. The fourth-order valence-corrected chi connectivity index (χ4v) is 2.77. The minimum atomic E-state index is -0.0737. The quantitative estimate of drug-likeness (QED) is 0.774. The molecule has 0 aliphatic heterocycles. The van der Waals surface area contributed by atoms with Gasteiger partial charge in [0.05, 0.1) is 23.3 Å². The van der Waals surface area contributed by atoms with E-state index in [2.05, 4.69) is 9.97 Å². The molecule has 5 heteroatoms. The molecule has 1 fully saturated rings. The van der Waals surface area contributed by atoms with Gasteiger partial charge in [0.2, 0.25) is 0 Å². The van der Waals surface area contributed by atoms with Gasteiger partial charge in [-0.1, -0.05) is 12.8 Å². The van der Waals surface area contributed by atoms with E-state index in [4.69, 9.17) is 5.73 Å². The van der Waals surface area contributed by atoms with E-state index in [-0.39, 0.29) is 17.8 Å². The lowest BCUT2D eigenvalue weighted by Crippen LogP contribution is -2.38. The Labute approximate surface area is 98.7 Å². The molecule has 0 saturated heterocycles. The normalized spacial score (nSPS) is 25.2. The maximum atomic E-state index is 12.0. The van der Waals surface area contributed by atoms with Crippen LogP contribution in [0.2, 0.25) is 0 Å². The first-order valence-corrected chi connectivity index (χ1v) is 6.07. The van der Waals surface area contributed by atoms with Crippen LogP contribution >= 0.6 is 0 Å². The van der Waals surface area contributed by atoms with Gasteiger partial charge in [-0.2, -0.15) is 0 Å². The van der Waals surface area contributed by atoms with Gasteiger partial charge in [-0.05, 0) is 18.9 Å². The minimum absolute atomic E-state index is 0.0737. The molecular weight excluding hydrogens is 216 g/mol. The Kier molecular flexibility index (Phi) is 2.48. The molecule has 3 N–H and O–H groups in total.